The van der Waals surface area contributed by atoms with E-state index in [0.717, 1.165) is 24.8 Å². The van der Waals surface area contributed by atoms with Crippen LogP contribution in [0.4, 0.5) is 4.79 Å². The van der Waals surface area contributed by atoms with E-state index in [1.807, 2.05) is 60.7 Å². The molecule has 6 rings (SSSR count). The SMILES string of the molecule is COc1ccc(-c2nc3ccccc3nc2O[C@@H]2CC3C(=O)NC4(C(=O)O)CC4/C=C\CCCCC[C@H](NC(=O)OC(C)(C)C)C(=O)N3C2)cc1. The van der Waals surface area contributed by atoms with Gasteiger partial charge in [-0.05, 0) is 82.9 Å². The van der Waals surface area contributed by atoms with Crippen molar-refractivity contribution in [2.24, 2.45) is 5.92 Å². The molecular weight excluding hydrogens is 654 g/mol. The number of carboxylic acids is 1. The number of para-hydroxylation sites is 2. The highest BCUT2D eigenvalue weighted by Crippen LogP contribution is 2.45. The average Bonchev–Trinajstić information content (AvgIpc) is 3.63. The van der Waals surface area contributed by atoms with E-state index in [4.69, 9.17) is 24.2 Å². The molecule has 13 nitrogen and oxygen atoms in total. The summed E-state index contributed by atoms with van der Waals surface area (Å²) in [7, 11) is 1.58. The fraction of sp³-hybridized carbons (Fsp3) is 0.474. The number of nitrogens with one attached hydrogen (secondary N) is 2. The van der Waals surface area contributed by atoms with Crippen LogP contribution in [0.2, 0.25) is 0 Å². The molecule has 0 spiro atoms. The van der Waals surface area contributed by atoms with Crippen LogP contribution in [0.25, 0.3) is 22.3 Å². The maximum absolute atomic E-state index is 14.4. The number of benzene rings is 2. The van der Waals surface area contributed by atoms with Gasteiger partial charge < -0.3 is 34.9 Å². The molecule has 0 bridgehead atoms. The molecule has 1 aromatic heterocycles. The Hall–Kier alpha value is -5.20. The van der Waals surface area contributed by atoms with Crippen molar-refractivity contribution < 1.29 is 38.5 Å². The van der Waals surface area contributed by atoms with Crippen molar-refractivity contribution in [1.82, 2.24) is 25.5 Å². The van der Waals surface area contributed by atoms with Crippen molar-refractivity contribution in [3.8, 4) is 22.9 Å². The third kappa shape index (κ3) is 8.08. The van der Waals surface area contributed by atoms with Gasteiger partial charge in [0.25, 0.3) is 0 Å². The van der Waals surface area contributed by atoms with E-state index in [-0.39, 0.29) is 31.2 Å². The number of alkyl carbamates (subject to hydrolysis) is 1. The fourth-order valence-electron chi connectivity index (χ4n) is 6.76. The van der Waals surface area contributed by atoms with Crippen molar-refractivity contribution >= 4 is 34.9 Å². The molecule has 2 aliphatic heterocycles. The molecular formula is C38H45N5O8. The van der Waals surface area contributed by atoms with Gasteiger partial charge in [0.05, 0.1) is 24.7 Å². The zero-order chi connectivity index (χ0) is 36.3. The Morgan fingerprint density at radius 2 is 1.75 bits per heavy atom. The minimum Gasteiger partial charge on any atom is -0.497 e. The molecule has 1 saturated carbocycles. The first-order valence-corrected chi connectivity index (χ1v) is 17.5. The summed E-state index contributed by atoms with van der Waals surface area (Å²) in [5, 5.41) is 15.7. The summed E-state index contributed by atoms with van der Waals surface area (Å²) < 4.78 is 17.4. The van der Waals surface area contributed by atoms with Gasteiger partial charge >= 0.3 is 12.1 Å². The van der Waals surface area contributed by atoms with Crippen LogP contribution in [0.15, 0.2) is 60.7 Å². The predicted octanol–water partition coefficient (Wildman–Crippen LogP) is 5.03. The van der Waals surface area contributed by atoms with Crippen molar-refractivity contribution in [3.05, 3.63) is 60.7 Å². The van der Waals surface area contributed by atoms with Crippen molar-refractivity contribution in [2.75, 3.05) is 13.7 Å². The topological polar surface area (TPSA) is 169 Å². The van der Waals surface area contributed by atoms with E-state index in [2.05, 4.69) is 10.6 Å². The Labute approximate surface area is 296 Å². The van der Waals surface area contributed by atoms with Crippen LogP contribution in [-0.4, -0.2) is 86.8 Å². The second-order valence-corrected chi connectivity index (χ2v) is 14.4. The summed E-state index contributed by atoms with van der Waals surface area (Å²) in [5.41, 5.74) is 0.211. The maximum Gasteiger partial charge on any atom is 0.408 e. The highest BCUT2D eigenvalue weighted by atomic mass is 16.6. The monoisotopic (exact) mass is 699 g/mol. The number of hydrogen-bond donors (Lipinski definition) is 3. The summed E-state index contributed by atoms with van der Waals surface area (Å²) in [5.74, 6) is -1.67. The molecule has 2 aromatic carbocycles. The fourth-order valence-corrected chi connectivity index (χ4v) is 6.76. The molecule has 270 valence electrons. The maximum atomic E-state index is 14.4. The predicted molar refractivity (Wildman–Crippen MR) is 188 cm³/mol. The molecule has 5 atom stereocenters. The van der Waals surface area contributed by atoms with Crippen molar-refractivity contribution in [2.45, 2.75) is 95.0 Å². The molecule has 3 aliphatic rings. The van der Waals surface area contributed by atoms with Gasteiger partial charge in [-0.15, -0.1) is 0 Å². The number of carbonyl (C=O) groups excluding carboxylic acids is 3. The highest BCUT2D eigenvalue weighted by Gasteiger charge is 2.61. The number of ether oxygens (including phenoxy) is 3. The van der Waals surface area contributed by atoms with Gasteiger partial charge in [0.15, 0.2) is 0 Å². The quantitative estimate of drug-likeness (QED) is 0.297. The summed E-state index contributed by atoms with van der Waals surface area (Å²) >= 11 is 0. The molecule has 2 fully saturated rings. The minimum atomic E-state index is -1.46. The Morgan fingerprint density at radius 1 is 1.02 bits per heavy atom. The molecule has 3 unspecified atom stereocenters. The number of rotatable bonds is 6. The highest BCUT2D eigenvalue weighted by molar-refractivity contribution is 5.96. The van der Waals surface area contributed by atoms with Crippen LogP contribution >= 0.6 is 0 Å². The number of carboxylic acid groups (broad SMARTS) is 1. The van der Waals surface area contributed by atoms with Crippen LogP contribution in [0.3, 0.4) is 0 Å². The molecule has 13 heteroatoms. The summed E-state index contributed by atoms with van der Waals surface area (Å²) in [6.45, 7) is 5.20. The second-order valence-electron chi connectivity index (χ2n) is 14.4. The standard InChI is InChI=1S/C38H45N5O8/c1-37(2,3)51-36(48)41-29-15-9-7-5-6-8-12-24-21-38(24,35(46)47)42-32(44)30-20-26(22-43(30)34(29)45)50-33-31(23-16-18-25(49-4)19-17-23)39-27-13-10-11-14-28(27)40-33/h8,10-14,16-19,24,26,29-30H,5-7,9,15,20-22H2,1-4H3,(H,41,48)(H,42,44)(H,46,47)/b12-8-/t24?,26-,29+,30?,38?/m1/s1. The van der Waals surface area contributed by atoms with E-state index in [0.29, 0.717) is 35.3 Å². The Bertz CT molecular complexity index is 1820. The lowest BCUT2D eigenvalue weighted by atomic mass is 10.0. The lowest BCUT2D eigenvalue weighted by Gasteiger charge is -2.30. The average molecular weight is 700 g/mol. The third-order valence-electron chi connectivity index (χ3n) is 9.49. The lowest BCUT2D eigenvalue weighted by Crippen LogP contribution is -2.56. The molecule has 3 heterocycles. The summed E-state index contributed by atoms with van der Waals surface area (Å²) in [4.78, 5) is 64.9. The van der Waals surface area contributed by atoms with E-state index in [1.54, 1.807) is 27.9 Å². The van der Waals surface area contributed by atoms with Gasteiger partial charge in [-0.1, -0.05) is 37.1 Å². The minimum absolute atomic E-state index is 0.0105. The van der Waals surface area contributed by atoms with Crippen molar-refractivity contribution in [1.29, 1.82) is 0 Å². The van der Waals surface area contributed by atoms with Gasteiger partial charge in [-0.3, -0.25) is 9.59 Å². The zero-order valence-corrected chi connectivity index (χ0v) is 29.4. The number of hydrogen-bond acceptors (Lipinski definition) is 9. The van der Waals surface area contributed by atoms with Crippen LogP contribution < -0.4 is 20.1 Å². The van der Waals surface area contributed by atoms with Gasteiger partial charge in [0, 0.05) is 17.9 Å². The normalized spacial score (nSPS) is 26.1. The molecule has 3 aromatic rings. The van der Waals surface area contributed by atoms with Gasteiger partial charge in [0.1, 0.15) is 40.8 Å². The molecule has 1 saturated heterocycles. The third-order valence-corrected chi connectivity index (χ3v) is 9.49. The number of fused-ring (bicyclic) bond motifs is 3. The molecule has 1 aliphatic carbocycles. The zero-order valence-electron chi connectivity index (χ0n) is 29.4. The first-order chi connectivity index (χ1) is 24.4. The molecule has 51 heavy (non-hydrogen) atoms. The number of aliphatic carboxylic acids is 1. The number of aromatic nitrogens is 2. The largest absolute Gasteiger partial charge is 0.497 e. The Balaban J connectivity index is 1.34. The van der Waals surface area contributed by atoms with Gasteiger partial charge in [-0.2, -0.15) is 0 Å². The second kappa shape index (κ2) is 14.6. The van der Waals surface area contributed by atoms with Gasteiger partial charge in [-0.25, -0.2) is 19.6 Å². The number of allylic oxidation sites excluding steroid dienone is 1. The van der Waals surface area contributed by atoms with E-state index in [1.165, 1.54) is 4.90 Å². The number of carbonyl (C=O) groups is 4. The van der Waals surface area contributed by atoms with E-state index < -0.39 is 53.2 Å². The Morgan fingerprint density at radius 3 is 2.43 bits per heavy atom. The number of nitrogens with zero attached hydrogens (tertiary/aromatic N) is 3. The number of methoxy groups -OCH3 is 1. The van der Waals surface area contributed by atoms with E-state index >= 15 is 0 Å². The first kappa shape index (κ1) is 35.6. The van der Waals surface area contributed by atoms with Crippen LogP contribution in [0.1, 0.15) is 65.7 Å². The van der Waals surface area contributed by atoms with Crippen LogP contribution in [0.5, 0.6) is 11.6 Å². The summed E-state index contributed by atoms with van der Waals surface area (Å²) in [6.07, 6.45) is 6.02. The lowest BCUT2D eigenvalue weighted by molar-refractivity contribution is -0.145. The molecule has 3 amide bonds. The Kier molecular flexibility index (Phi) is 10.2. The molecule has 3 N–H and O–H groups in total. The van der Waals surface area contributed by atoms with Crippen molar-refractivity contribution in [3.63, 3.8) is 0 Å². The van der Waals surface area contributed by atoms with Crippen LogP contribution in [0, 0.1) is 5.92 Å². The summed E-state index contributed by atoms with van der Waals surface area (Å²) in [6, 6.07) is 12.6. The molecule has 0 radical (unpaired) electrons. The van der Waals surface area contributed by atoms with Crippen LogP contribution in [-0.2, 0) is 19.1 Å². The van der Waals surface area contributed by atoms with E-state index in [9.17, 15) is 24.3 Å². The smallest absolute Gasteiger partial charge is 0.408 e. The number of amides is 3. The van der Waals surface area contributed by atoms with Gasteiger partial charge in [0.2, 0.25) is 17.7 Å². The first-order valence-electron chi connectivity index (χ1n) is 17.5.